The van der Waals surface area contributed by atoms with E-state index in [2.05, 4.69) is 53.9 Å². The number of hydrogen-bond donors (Lipinski definition) is 0. The Hall–Kier alpha value is -3.73. The van der Waals surface area contributed by atoms with E-state index in [1.54, 1.807) is 18.3 Å². The molecule has 1 aliphatic carbocycles. The number of nitrogens with zero attached hydrogens (tertiary/aromatic N) is 3. The van der Waals surface area contributed by atoms with Crippen LogP contribution in [0.1, 0.15) is 47.1 Å². The molecule has 4 nitrogen and oxygen atoms in total. The Morgan fingerprint density at radius 3 is 2.69 bits per heavy atom. The van der Waals surface area contributed by atoms with Gasteiger partial charge in [0, 0.05) is 54.0 Å². The van der Waals surface area contributed by atoms with Crippen LogP contribution < -0.4 is 0 Å². The van der Waals surface area contributed by atoms with Crippen molar-refractivity contribution in [1.82, 2.24) is 15.0 Å². The Balaban J connectivity index is 0.000000169. The molecule has 0 amide bonds. The average molecular weight is 695 g/mol. The number of aromatic nitrogens is 3. The Morgan fingerprint density at radius 1 is 1.05 bits per heavy atom. The third-order valence-electron chi connectivity index (χ3n) is 7.12. The van der Waals surface area contributed by atoms with Gasteiger partial charge in [0.05, 0.1) is 11.8 Å². The summed E-state index contributed by atoms with van der Waals surface area (Å²) in [5, 5.41) is 1.30. The summed E-state index contributed by atoms with van der Waals surface area (Å²) < 4.78 is 42.5. The van der Waals surface area contributed by atoms with Crippen molar-refractivity contribution >= 4 is 21.9 Å². The smallest absolute Gasteiger partial charge is 0.139 e. The van der Waals surface area contributed by atoms with Gasteiger partial charge in [-0.05, 0) is 47.8 Å². The van der Waals surface area contributed by atoms with Gasteiger partial charge in [0.15, 0.2) is 0 Å². The van der Waals surface area contributed by atoms with Gasteiger partial charge in [-0.2, -0.15) is 0 Å². The first kappa shape index (κ1) is 23.2. The van der Waals surface area contributed by atoms with E-state index in [0.717, 1.165) is 34.3 Å². The molecule has 4 aromatic heterocycles. The molecule has 0 bridgehead atoms. The second kappa shape index (κ2) is 10.4. The molecule has 2 aromatic carbocycles. The zero-order valence-corrected chi connectivity index (χ0v) is 24.0. The van der Waals surface area contributed by atoms with Gasteiger partial charge in [-0.3, -0.25) is 9.37 Å². The van der Waals surface area contributed by atoms with Gasteiger partial charge in [0.25, 0.3) is 0 Å². The van der Waals surface area contributed by atoms with Crippen LogP contribution in [-0.2, 0) is 31.9 Å². The van der Waals surface area contributed by atoms with Crippen molar-refractivity contribution < 1.29 is 33.0 Å². The predicted octanol–water partition coefficient (Wildman–Crippen LogP) is 8.04. The molecular weight excluding hydrogens is 666 g/mol. The topological polar surface area (TPSA) is 51.8 Å². The summed E-state index contributed by atoms with van der Waals surface area (Å²) in [5.74, 6) is -0.229. The van der Waals surface area contributed by atoms with Crippen LogP contribution in [0.15, 0.2) is 77.7 Å². The fourth-order valence-corrected chi connectivity index (χ4v) is 5.37. The van der Waals surface area contributed by atoms with Crippen LogP contribution >= 0.6 is 0 Å². The number of benzene rings is 2. The quantitative estimate of drug-likeness (QED) is 0.172. The molecule has 4 heterocycles. The van der Waals surface area contributed by atoms with Crippen molar-refractivity contribution in [3.8, 4) is 22.5 Å². The van der Waals surface area contributed by atoms with Gasteiger partial charge < -0.3 is 14.4 Å². The van der Waals surface area contributed by atoms with E-state index >= 15 is 0 Å². The molecule has 7 rings (SSSR count). The van der Waals surface area contributed by atoms with Crippen LogP contribution in [-0.4, -0.2) is 15.0 Å². The van der Waals surface area contributed by atoms with Crippen LogP contribution in [0.25, 0.3) is 44.5 Å². The number of furan rings is 1. The maximum atomic E-state index is 13.5. The van der Waals surface area contributed by atoms with Gasteiger partial charge >= 0.3 is 0 Å². The molecule has 0 spiro atoms. The van der Waals surface area contributed by atoms with Crippen molar-refractivity contribution in [2.75, 3.05) is 0 Å². The predicted molar refractivity (Wildman–Crippen MR) is 148 cm³/mol. The molecule has 0 saturated heterocycles. The Labute approximate surface area is 244 Å². The Morgan fingerprint density at radius 2 is 1.92 bits per heavy atom. The number of aryl methyl sites for hydroxylation is 2. The maximum absolute atomic E-state index is 13.5. The maximum Gasteiger partial charge on any atom is 0.139 e. The minimum Gasteiger partial charge on any atom is -0.499 e. The monoisotopic (exact) mass is 695 g/mol. The molecule has 0 unspecified atom stereocenters. The zero-order chi connectivity index (χ0) is 28.9. The fourth-order valence-electron chi connectivity index (χ4n) is 5.37. The summed E-state index contributed by atoms with van der Waals surface area (Å²) in [6, 6.07) is 20.4. The number of rotatable bonds is 2. The molecule has 0 saturated carbocycles. The summed E-state index contributed by atoms with van der Waals surface area (Å²) in [7, 11) is 0. The first-order valence-electron chi connectivity index (χ1n) is 13.9. The van der Waals surface area contributed by atoms with E-state index in [4.69, 9.17) is 8.53 Å². The van der Waals surface area contributed by atoms with Gasteiger partial charge in [-0.1, -0.05) is 55.0 Å². The molecule has 6 heteroatoms. The van der Waals surface area contributed by atoms with Gasteiger partial charge in [-0.15, -0.1) is 47.5 Å². The van der Waals surface area contributed by atoms with Gasteiger partial charge in [0.1, 0.15) is 5.58 Å². The first-order valence-corrected chi connectivity index (χ1v) is 12.4. The van der Waals surface area contributed by atoms with Crippen LogP contribution in [0.2, 0.25) is 0 Å². The number of hydrogen-bond acceptors (Lipinski definition) is 4. The van der Waals surface area contributed by atoms with Gasteiger partial charge in [0.2, 0.25) is 0 Å². The first-order chi connectivity index (χ1) is 19.6. The second-order valence-electron chi connectivity index (χ2n) is 9.75. The molecule has 0 aliphatic heterocycles. The van der Waals surface area contributed by atoms with Crippen molar-refractivity contribution in [3.05, 3.63) is 114 Å². The van der Waals surface area contributed by atoms with Crippen LogP contribution in [0, 0.1) is 24.8 Å². The summed E-state index contributed by atoms with van der Waals surface area (Å²) in [4.78, 5) is 12.8. The molecule has 0 fully saturated rings. The minimum absolute atomic E-state index is 0. The van der Waals surface area contributed by atoms with E-state index < -0.39 is 6.85 Å². The van der Waals surface area contributed by atoms with Crippen molar-refractivity contribution in [2.24, 2.45) is 0 Å². The Kier molecular flexibility index (Phi) is 6.21. The molecule has 1 aliphatic rings. The normalized spacial score (nSPS) is 14.3. The van der Waals surface area contributed by atoms with Crippen molar-refractivity contribution in [2.45, 2.75) is 39.5 Å². The summed E-state index contributed by atoms with van der Waals surface area (Å²) in [5.41, 5.74) is 7.86. The van der Waals surface area contributed by atoms with E-state index in [-0.39, 0.29) is 36.9 Å². The SMILES string of the molecule is CCc1ccnc2c1C(C)(C)c1cc(F)c[c-]c1-2.[2H]C([2H])([2H])c1cncc2oc3c(-c4ccccn4)[c-]ccc3c12.[Ir]. The van der Waals surface area contributed by atoms with E-state index in [0.29, 0.717) is 22.1 Å². The summed E-state index contributed by atoms with van der Waals surface area (Å²) in [6.45, 7) is 4.14. The molecule has 197 valence electrons. The molecule has 6 aromatic rings. The van der Waals surface area contributed by atoms with Crippen LogP contribution in [0.5, 0.6) is 0 Å². The zero-order valence-electron chi connectivity index (χ0n) is 24.6. The standard InChI is InChI=1S/C17H11N2O.C16H15FN.Ir/c1-11-9-18-10-15-16(11)13-6-4-5-12(17(13)20-15)14-7-2-3-8-19-14;1-4-10-7-8-18-15-12-6-5-11(17)9-13(12)16(2,3)14(10)15;/h2-4,6-10H,1H3;5,7-9H,4H2,1-3H3;/q2*-1;/i1D3;;. The van der Waals surface area contributed by atoms with Crippen molar-refractivity contribution in [1.29, 1.82) is 0 Å². The third kappa shape index (κ3) is 4.48. The van der Waals surface area contributed by atoms with Crippen molar-refractivity contribution in [3.63, 3.8) is 0 Å². The van der Waals surface area contributed by atoms with E-state index in [1.165, 1.54) is 29.6 Å². The molecule has 0 atom stereocenters. The fraction of sp³-hybridized carbons (Fsp3) is 0.182. The average Bonchev–Trinajstić information content (AvgIpc) is 3.46. The second-order valence-corrected chi connectivity index (χ2v) is 9.75. The Bertz CT molecular complexity index is 1920. The van der Waals surface area contributed by atoms with E-state index in [1.807, 2.05) is 30.5 Å². The van der Waals surface area contributed by atoms with E-state index in [9.17, 15) is 4.39 Å². The van der Waals surface area contributed by atoms with Gasteiger partial charge in [-0.25, -0.2) is 0 Å². The number of fused-ring (bicyclic) bond motifs is 6. The number of pyridine rings is 3. The van der Waals surface area contributed by atoms with Crippen LogP contribution in [0.4, 0.5) is 4.39 Å². The third-order valence-corrected chi connectivity index (χ3v) is 7.12. The van der Waals surface area contributed by atoms with Crippen LogP contribution in [0.3, 0.4) is 0 Å². The minimum atomic E-state index is -2.26. The molecular formula is C33H26FIrN3O-2. The molecule has 0 N–H and O–H groups in total. The molecule has 39 heavy (non-hydrogen) atoms. The molecule has 1 radical (unpaired) electrons. The largest absolute Gasteiger partial charge is 0.499 e. The summed E-state index contributed by atoms with van der Waals surface area (Å²) >= 11 is 0. The number of halogens is 1. The summed E-state index contributed by atoms with van der Waals surface area (Å²) in [6.07, 6.45) is 7.40.